The SMILES string of the molecule is NCCCC[C@H](NC(=O)[C@H](Cc1ccccc1)NC(=O)[C@H](Cc1c[nH]c2ccccc12)N1CC[C@@H](NC(=O)[C@@H](Cc2c[nH]c3ccccc23)NC(=O)[C@@H](N)CC2CN=CN2)C1=O)C(N)=O. The maximum absolute atomic E-state index is 14.7. The van der Waals surface area contributed by atoms with E-state index in [1.807, 2.05) is 78.9 Å². The van der Waals surface area contributed by atoms with E-state index in [1.54, 1.807) is 18.7 Å². The van der Waals surface area contributed by atoms with Crippen molar-refractivity contribution in [2.45, 2.75) is 93.7 Å². The van der Waals surface area contributed by atoms with Crippen molar-refractivity contribution in [1.29, 1.82) is 0 Å². The molecule has 13 N–H and O–H groups in total. The summed E-state index contributed by atoms with van der Waals surface area (Å²) in [6.07, 6.45) is 7.32. The van der Waals surface area contributed by atoms with E-state index in [4.69, 9.17) is 17.2 Å². The smallest absolute Gasteiger partial charge is 0.245 e. The van der Waals surface area contributed by atoms with Gasteiger partial charge >= 0.3 is 0 Å². The summed E-state index contributed by atoms with van der Waals surface area (Å²) in [5.41, 5.74) is 21.7. The van der Waals surface area contributed by atoms with Crippen molar-refractivity contribution in [3.8, 4) is 0 Å². The number of benzene rings is 3. The minimum absolute atomic E-state index is 0.0724. The van der Waals surface area contributed by atoms with E-state index in [0.29, 0.717) is 25.9 Å². The third-order valence-electron chi connectivity index (χ3n) is 12.2. The Morgan fingerprint density at radius 3 is 2.00 bits per heavy atom. The molecule has 0 saturated carbocycles. The molecule has 0 radical (unpaired) electrons. The highest BCUT2D eigenvalue weighted by atomic mass is 16.2. The number of unbranched alkanes of at least 4 members (excludes halogenated alkanes) is 1. The fraction of sp³-hybridized carbons (Fsp3) is 0.383. The van der Waals surface area contributed by atoms with Crippen molar-refractivity contribution in [3.05, 3.63) is 108 Å². The number of primary amides is 1. The standard InChI is InChI=1S/C47H58N12O6/c48-18-9-8-16-37(42(50)60)55-44(62)39(20-28-10-2-1-3-11-28)58-46(64)41(22-30-25-53-36-15-7-5-13-33(30)36)59-19-17-38(47(59)65)56-45(63)40(21-29-24-52-35-14-6-4-12-32(29)35)57-43(61)34(49)23-31-26-51-27-54-31/h1-7,10-15,24-25,27,31,34,37-41,52-53H,8-9,16-23,26,48-49H2,(H2,50,60)(H,51,54)(H,55,62)(H,56,63)(H,57,61)(H,58,64)/t31?,34-,37-,38+,39-,40+,41-/m0/s1. The summed E-state index contributed by atoms with van der Waals surface area (Å²) in [6, 6.07) is 17.8. The van der Waals surface area contributed by atoms with Crippen molar-refractivity contribution >= 4 is 63.6 Å². The van der Waals surface area contributed by atoms with Crippen LogP contribution in [0.5, 0.6) is 0 Å². The third kappa shape index (κ3) is 11.6. The predicted molar refractivity (Wildman–Crippen MR) is 247 cm³/mol. The lowest BCUT2D eigenvalue weighted by Crippen LogP contribution is -2.58. The Balaban J connectivity index is 1.12. The van der Waals surface area contributed by atoms with Crippen molar-refractivity contribution in [3.63, 3.8) is 0 Å². The Hall–Kier alpha value is -7.05. The van der Waals surface area contributed by atoms with E-state index < -0.39 is 71.7 Å². The minimum Gasteiger partial charge on any atom is -0.372 e. The summed E-state index contributed by atoms with van der Waals surface area (Å²) in [6.45, 7) is 0.993. The van der Waals surface area contributed by atoms with Crippen LogP contribution in [-0.4, -0.2) is 119 Å². The van der Waals surface area contributed by atoms with E-state index in [9.17, 15) is 28.8 Å². The van der Waals surface area contributed by atoms with Crippen molar-refractivity contribution < 1.29 is 28.8 Å². The fourth-order valence-corrected chi connectivity index (χ4v) is 8.60. The Labute approximate surface area is 376 Å². The van der Waals surface area contributed by atoms with Crippen LogP contribution in [0.3, 0.4) is 0 Å². The summed E-state index contributed by atoms with van der Waals surface area (Å²) >= 11 is 0. The molecule has 18 heteroatoms. The van der Waals surface area contributed by atoms with Gasteiger partial charge in [0.05, 0.1) is 18.9 Å². The zero-order valence-corrected chi connectivity index (χ0v) is 36.1. The van der Waals surface area contributed by atoms with Gasteiger partial charge in [-0.25, -0.2) is 0 Å². The number of rotatable bonds is 22. The van der Waals surface area contributed by atoms with Gasteiger partial charge in [0.1, 0.15) is 30.2 Å². The van der Waals surface area contributed by atoms with Gasteiger partial charge in [0.15, 0.2) is 0 Å². The first kappa shape index (κ1) is 46.0. The maximum Gasteiger partial charge on any atom is 0.245 e. The number of carbonyl (C=O) groups is 6. The maximum atomic E-state index is 14.7. The van der Waals surface area contributed by atoms with Crippen LogP contribution in [-0.2, 0) is 48.0 Å². The molecule has 6 amide bonds. The second-order valence-electron chi connectivity index (χ2n) is 16.8. The number of para-hydroxylation sites is 2. The molecule has 2 aliphatic heterocycles. The van der Waals surface area contributed by atoms with Gasteiger partial charge in [0, 0.05) is 66.0 Å². The second kappa shape index (κ2) is 21.6. The highest BCUT2D eigenvalue weighted by molar-refractivity contribution is 5.98. The second-order valence-corrected chi connectivity index (χ2v) is 16.8. The number of nitrogens with one attached hydrogen (secondary N) is 7. The molecule has 5 aromatic rings. The zero-order chi connectivity index (χ0) is 45.9. The monoisotopic (exact) mass is 886 g/mol. The number of fused-ring (bicyclic) bond motifs is 2. The minimum atomic E-state index is -1.16. The molecule has 3 aromatic carbocycles. The fourth-order valence-electron chi connectivity index (χ4n) is 8.60. The van der Waals surface area contributed by atoms with Crippen molar-refractivity contribution in [2.24, 2.45) is 22.2 Å². The van der Waals surface area contributed by atoms with Crippen molar-refractivity contribution in [1.82, 2.24) is 41.5 Å². The molecule has 7 rings (SSSR count). The quantitative estimate of drug-likeness (QED) is 0.0434. The van der Waals surface area contributed by atoms with Gasteiger partial charge in [0.25, 0.3) is 0 Å². The van der Waals surface area contributed by atoms with Crippen LogP contribution in [0.15, 0.2) is 96.2 Å². The summed E-state index contributed by atoms with van der Waals surface area (Å²) in [5.74, 6) is -3.55. The number of nitrogens with two attached hydrogens (primary N) is 3. The Morgan fingerprint density at radius 1 is 0.738 bits per heavy atom. The van der Waals surface area contributed by atoms with E-state index in [2.05, 4.69) is 41.5 Å². The average Bonchev–Trinajstić information content (AvgIpc) is 4.13. The van der Waals surface area contributed by atoms with Crippen LogP contribution in [0, 0.1) is 0 Å². The van der Waals surface area contributed by atoms with Gasteiger partial charge in [0.2, 0.25) is 35.4 Å². The van der Waals surface area contributed by atoms with Gasteiger partial charge in [-0.1, -0.05) is 66.7 Å². The number of nitrogens with zero attached hydrogens (tertiary/aromatic N) is 2. The number of hydrogen-bond acceptors (Lipinski definition) is 10. The van der Waals surface area contributed by atoms with Crippen molar-refractivity contribution in [2.75, 3.05) is 19.6 Å². The Morgan fingerprint density at radius 2 is 1.35 bits per heavy atom. The van der Waals surface area contributed by atoms with Crippen LogP contribution in [0.4, 0.5) is 0 Å². The first-order valence-corrected chi connectivity index (χ1v) is 22.1. The first-order valence-electron chi connectivity index (χ1n) is 22.1. The summed E-state index contributed by atoms with van der Waals surface area (Å²) in [7, 11) is 0. The Kier molecular flexibility index (Phi) is 15.2. The highest BCUT2D eigenvalue weighted by Gasteiger charge is 2.42. The molecule has 0 spiro atoms. The molecule has 0 bridgehead atoms. The van der Waals surface area contributed by atoms with Gasteiger partial charge in [-0.3, -0.25) is 33.8 Å². The largest absolute Gasteiger partial charge is 0.372 e. The molecular weight excluding hydrogens is 829 g/mol. The molecule has 1 saturated heterocycles. The molecule has 2 aliphatic rings. The third-order valence-corrected chi connectivity index (χ3v) is 12.2. The number of likely N-dealkylation sites (tertiary alicyclic amines) is 1. The number of hydrogen-bond donors (Lipinski definition) is 10. The van der Waals surface area contributed by atoms with Gasteiger partial charge < -0.3 is 58.7 Å². The number of aliphatic imine (C=N–C) groups is 1. The lowest BCUT2D eigenvalue weighted by molar-refractivity contribution is -0.140. The van der Waals surface area contributed by atoms with Crippen LogP contribution < -0.4 is 43.8 Å². The van der Waals surface area contributed by atoms with E-state index in [1.165, 1.54) is 4.90 Å². The number of aromatic nitrogens is 2. The van der Waals surface area contributed by atoms with Crippen LogP contribution >= 0.6 is 0 Å². The predicted octanol–water partition coefficient (Wildman–Crippen LogP) is 0.549. The van der Waals surface area contributed by atoms with Gasteiger partial charge in [-0.05, 0) is 67.5 Å². The highest BCUT2D eigenvalue weighted by Crippen LogP contribution is 2.25. The van der Waals surface area contributed by atoms with Gasteiger partial charge in [-0.2, -0.15) is 0 Å². The first-order chi connectivity index (χ1) is 31.5. The Bertz CT molecular complexity index is 2500. The molecule has 2 aromatic heterocycles. The molecule has 4 heterocycles. The number of aromatic amines is 2. The molecule has 18 nitrogen and oxygen atoms in total. The van der Waals surface area contributed by atoms with E-state index >= 15 is 0 Å². The number of H-pyrrole nitrogens is 2. The number of amides is 6. The average molecular weight is 887 g/mol. The molecule has 1 unspecified atom stereocenters. The molecular formula is C47H58N12O6. The van der Waals surface area contributed by atoms with E-state index in [0.717, 1.165) is 38.5 Å². The van der Waals surface area contributed by atoms with Crippen LogP contribution in [0.1, 0.15) is 48.8 Å². The van der Waals surface area contributed by atoms with Crippen LogP contribution in [0.2, 0.25) is 0 Å². The normalized spacial score (nSPS) is 18.1. The summed E-state index contributed by atoms with van der Waals surface area (Å²) in [5, 5.41) is 16.2. The lowest BCUT2D eigenvalue weighted by atomic mass is 10.0. The van der Waals surface area contributed by atoms with E-state index in [-0.39, 0.29) is 51.1 Å². The molecule has 342 valence electrons. The molecule has 65 heavy (non-hydrogen) atoms. The zero-order valence-electron chi connectivity index (χ0n) is 36.1. The topological polar surface area (TPSA) is 288 Å². The molecule has 1 fully saturated rings. The van der Waals surface area contributed by atoms with Crippen LogP contribution in [0.25, 0.3) is 21.8 Å². The summed E-state index contributed by atoms with van der Waals surface area (Å²) in [4.78, 5) is 95.6. The molecule has 0 aliphatic carbocycles. The van der Waals surface area contributed by atoms with Gasteiger partial charge in [-0.15, -0.1) is 0 Å². The number of carbonyl (C=O) groups excluding carboxylic acids is 6. The lowest BCUT2D eigenvalue weighted by Gasteiger charge is -2.30. The molecule has 7 atom stereocenters. The summed E-state index contributed by atoms with van der Waals surface area (Å²) < 4.78 is 0.